The van der Waals surface area contributed by atoms with Crippen molar-refractivity contribution in [3.8, 4) is 27.8 Å². The molecule has 11 rings (SSSR count). The molecule has 4 aromatic carbocycles. The number of methoxy groups -OCH3 is 2. The van der Waals surface area contributed by atoms with Crippen LogP contribution in [0.3, 0.4) is 0 Å². The number of fused-ring (bicyclic) bond motifs is 7. The highest BCUT2D eigenvalue weighted by Crippen LogP contribution is 2.62. The van der Waals surface area contributed by atoms with E-state index in [4.69, 9.17) is 26.2 Å². The lowest BCUT2D eigenvalue weighted by Gasteiger charge is -2.47. The van der Waals surface area contributed by atoms with Gasteiger partial charge in [0.15, 0.2) is 11.5 Å². The van der Waals surface area contributed by atoms with Gasteiger partial charge >= 0.3 is 11.4 Å². The van der Waals surface area contributed by atoms with Crippen LogP contribution in [0.4, 0.5) is 5.82 Å². The maximum atomic E-state index is 15.5. The molecule has 16 nitrogen and oxygen atoms in total. The summed E-state index contributed by atoms with van der Waals surface area (Å²) in [7, 11) is 6.32. The van der Waals surface area contributed by atoms with Crippen molar-refractivity contribution >= 4 is 72.5 Å². The van der Waals surface area contributed by atoms with Crippen LogP contribution in [0.2, 0.25) is 5.02 Å². The molecule has 0 radical (unpaired) electrons. The van der Waals surface area contributed by atoms with Gasteiger partial charge in [-0.1, -0.05) is 48.0 Å². The molecule has 0 bridgehead atoms. The quantitative estimate of drug-likeness (QED) is 0.129. The van der Waals surface area contributed by atoms with Gasteiger partial charge in [-0.15, -0.1) is 11.3 Å². The number of benzene rings is 4. The molecule has 3 aliphatic rings. The fourth-order valence-electron chi connectivity index (χ4n) is 10.9. The van der Waals surface area contributed by atoms with Crippen LogP contribution in [0.25, 0.3) is 42.5 Å². The second-order valence-electron chi connectivity index (χ2n) is 17.6. The number of phenolic OH excluding ortho intramolecular Hbond substituents is 1. The molecule has 1 saturated carbocycles. The molecular weight excluding hydrogens is 896 g/mol. The van der Waals surface area contributed by atoms with Gasteiger partial charge in [0.25, 0.3) is 5.56 Å². The van der Waals surface area contributed by atoms with Crippen molar-refractivity contribution < 1.29 is 24.2 Å². The van der Waals surface area contributed by atoms with Gasteiger partial charge < -0.3 is 19.1 Å². The Morgan fingerprint density at radius 1 is 0.910 bits per heavy atom. The topological polar surface area (TPSA) is 178 Å². The Balaban J connectivity index is 1.01. The molecule has 8 aromatic rings. The summed E-state index contributed by atoms with van der Waals surface area (Å²) in [6.07, 6.45) is 1.90. The van der Waals surface area contributed by atoms with Gasteiger partial charge in [-0.05, 0) is 72.0 Å². The number of aromatic nitrogens is 7. The number of imide groups is 1. The highest BCUT2D eigenvalue weighted by molar-refractivity contribution is 7.22. The van der Waals surface area contributed by atoms with E-state index in [0.717, 1.165) is 25.1 Å². The third-order valence-electron chi connectivity index (χ3n) is 14.3. The van der Waals surface area contributed by atoms with E-state index in [1.807, 2.05) is 56.3 Å². The number of allylic oxidation sites excluding steroid dienone is 2. The molecular formula is C49H43ClN8O8S. The van der Waals surface area contributed by atoms with Crippen LogP contribution < -0.4 is 31.3 Å². The van der Waals surface area contributed by atoms with Crippen LogP contribution in [0, 0.1) is 18.3 Å². The van der Waals surface area contributed by atoms with Gasteiger partial charge in [0.2, 0.25) is 11.8 Å². The van der Waals surface area contributed by atoms with Gasteiger partial charge in [-0.25, -0.2) is 33.4 Å². The summed E-state index contributed by atoms with van der Waals surface area (Å²) >= 11 is 7.91. The van der Waals surface area contributed by atoms with E-state index in [1.54, 1.807) is 66.5 Å². The first-order valence-corrected chi connectivity index (χ1v) is 22.9. The molecule has 2 fully saturated rings. The summed E-state index contributed by atoms with van der Waals surface area (Å²) in [6.45, 7) is 3.67. The van der Waals surface area contributed by atoms with E-state index >= 15 is 9.59 Å². The number of thiophene rings is 1. The smallest absolute Gasteiger partial charge is 0.347 e. The molecule has 1 N–H and O–H groups in total. The summed E-state index contributed by atoms with van der Waals surface area (Å²) in [4.78, 5) is 80.1. The van der Waals surface area contributed by atoms with E-state index in [0.29, 0.717) is 61.0 Å². The van der Waals surface area contributed by atoms with Crippen LogP contribution in [0.1, 0.15) is 42.1 Å². The van der Waals surface area contributed by atoms with Crippen LogP contribution >= 0.6 is 22.9 Å². The first-order valence-electron chi connectivity index (χ1n) is 21.7. The zero-order valence-electron chi connectivity index (χ0n) is 37.2. The average molecular weight is 939 g/mol. The van der Waals surface area contributed by atoms with Crippen LogP contribution in [0.5, 0.6) is 17.2 Å². The second kappa shape index (κ2) is 15.1. The minimum Gasteiger partial charge on any atom is -0.507 e. The molecule has 18 heteroatoms. The molecule has 0 spiro atoms. The molecule has 340 valence electrons. The lowest BCUT2D eigenvalue weighted by molar-refractivity contribution is -0.129. The largest absolute Gasteiger partial charge is 0.507 e. The highest BCUT2D eigenvalue weighted by Gasteiger charge is 2.66. The molecule has 67 heavy (non-hydrogen) atoms. The first-order chi connectivity index (χ1) is 32.2. The number of aryl methyl sites for hydroxylation is 4. The summed E-state index contributed by atoms with van der Waals surface area (Å²) in [5.74, 6) is -1.39. The number of hydrogen-bond donors (Lipinski definition) is 1. The van der Waals surface area contributed by atoms with E-state index < -0.39 is 52.0 Å². The van der Waals surface area contributed by atoms with Crippen LogP contribution in [-0.2, 0) is 43.2 Å². The van der Waals surface area contributed by atoms with Crippen molar-refractivity contribution in [3.63, 3.8) is 0 Å². The number of carbonyl (C=O) groups excluding carboxylic acids is 2. The Hall–Kier alpha value is -7.24. The Kier molecular flexibility index (Phi) is 9.59. The molecule has 1 aliphatic carbocycles. The molecule has 2 aliphatic heterocycles. The Morgan fingerprint density at radius 3 is 2.42 bits per heavy atom. The van der Waals surface area contributed by atoms with Gasteiger partial charge in [0.05, 0.1) is 54.0 Å². The zero-order chi connectivity index (χ0) is 47.0. The molecule has 2 amide bonds. The Bertz CT molecular complexity index is 3710. The predicted octanol–water partition coefficient (Wildman–Crippen LogP) is 6.62. The van der Waals surface area contributed by atoms with Crippen LogP contribution in [0.15, 0.2) is 98.8 Å². The summed E-state index contributed by atoms with van der Waals surface area (Å²) < 4.78 is 18.8. The number of phenols is 1. The van der Waals surface area contributed by atoms with E-state index in [1.165, 1.54) is 33.1 Å². The lowest BCUT2D eigenvalue weighted by Crippen LogP contribution is -2.49. The fraction of sp³-hybridized carbons (Fsp3) is 0.286. The number of halogens is 1. The SMILES string of the molecule is COc1cc2nc(CCn3c(=O)n4n(c3=O)[C@@H]3C[C@H]5C(=O)N(c6cc(-c7sc8ccc(Cl)cc8c7C)nn6C)C(=O)[C@@]5(C)[C@@H](c5ccc(O)c6ccccc56)C3=CC4)c(=O)n(C)c2cc1OC. The zero-order valence-corrected chi connectivity index (χ0v) is 38.8. The Morgan fingerprint density at radius 2 is 1.66 bits per heavy atom. The van der Waals surface area contributed by atoms with Crippen molar-refractivity contribution in [2.24, 2.45) is 25.4 Å². The number of hydrogen-bond acceptors (Lipinski definition) is 11. The Labute approximate surface area is 390 Å². The van der Waals surface area contributed by atoms with Crippen molar-refractivity contribution in [2.75, 3.05) is 19.1 Å². The lowest BCUT2D eigenvalue weighted by atomic mass is 9.56. The number of anilines is 1. The highest BCUT2D eigenvalue weighted by atomic mass is 35.5. The number of ether oxygens (including phenoxy) is 2. The third-order valence-corrected chi connectivity index (χ3v) is 15.8. The predicted molar refractivity (Wildman–Crippen MR) is 255 cm³/mol. The number of aromatic hydroxyl groups is 1. The average Bonchev–Trinajstić information content (AvgIpc) is 3.99. The second-order valence-corrected chi connectivity index (χ2v) is 19.1. The number of amides is 2. The molecule has 4 atom stereocenters. The van der Waals surface area contributed by atoms with Gasteiger partial charge in [0, 0.05) is 66.3 Å². The molecule has 6 heterocycles. The fourth-order valence-corrected chi connectivity index (χ4v) is 12.3. The van der Waals surface area contributed by atoms with Crippen molar-refractivity contribution in [3.05, 3.63) is 138 Å². The monoisotopic (exact) mass is 938 g/mol. The van der Waals surface area contributed by atoms with Gasteiger partial charge in [-0.3, -0.25) is 19.1 Å². The van der Waals surface area contributed by atoms with E-state index in [2.05, 4.69) is 4.98 Å². The number of rotatable bonds is 8. The minimum absolute atomic E-state index is 0.00839. The first kappa shape index (κ1) is 42.4. The van der Waals surface area contributed by atoms with Crippen LogP contribution in [-0.4, -0.2) is 64.4 Å². The third kappa shape index (κ3) is 5.99. The van der Waals surface area contributed by atoms with Gasteiger partial charge in [-0.2, -0.15) is 5.10 Å². The maximum absolute atomic E-state index is 15.5. The normalized spacial score (nSPS) is 20.1. The molecule has 0 unspecified atom stereocenters. The standard InChI is InChI=1S/C49H43ClN8O8S/c1-24-30-19-25(50)11-14-40(30)67-43(24)34-22-41(54(4)52-34)57-44(60)31-20-35-29(42(49(31,2)46(57)62)28-12-13-37(59)27-10-8-7-9-26(27)28)15-18-56-47(63)55(48(64)58(35)56)17-16-32-45(61)53(3)36-23-39(66-6)38(65-5)21-33(36)51-32/h7-15,19,21-23,31,35,42,59H,16-18,20H2,1-6H3/t31-,35+,42-,49+/m0/s1. The van der Waals surface area contributed by atoms with Crippen molar-refractivity contribution in [1.82, 2.24) is 33.3 Å². The molecule has 1 saturated heterocycles. The summed E-state index contributed by atoms with van der Waals surface area (Å²) in [5.41, 5.74) is 1.13. The van der Waals surface area contributed by atoms with Crippen molar-refractivity contribution in [2.45, 2.75) is 51.7 Å². The number of carbonyl (C=O) groups is 2. The summed E-state index contributed by atoms with van der Waals surface area (Å²) in [6, 6.07) is 20.7. The molecule has 4 aromatic heterocycles. The van der Waals surface area contributed by atoms with Gasteiger partial charge in [0.1, 0.15) is 23.0 Å². The minimum atomic E-state index is -1.38. The maximum Gasteiger partial charge on any atom is 0.347 e. The van der Waals surface area contributed by atoms with Crippen molar-refractivity contribution in [1.29, 1.82) is 0 Å². The van der Waals surface area contributed by atoms with E-state index in [9.17, 15) is 19.5 Å². The summed E-state index contributed by atoms with van der Waals surface area (Å²) in [5, 5.41) is 18.7. The van der Waals surface area contributed by atoms with E-state index in [-0.39, 0.29) is 37.4 Å². The number of nitrogens with zero attached hydrogens (tertiary/aromatic N) is 8.